The predicted octanol–water partition coefficient (Wildman–Crippen LogP) is 4.50. The normalized spacial score (nSPS) is 15.1. The van der Waals surface area contributed by atoms with E-state index in [0.717, 1.165) is 47.2 Å². The summed E-state index contributed by atoms with van der Waals surface area (Å²) >= 11 is 12.1. The van der Waals surface area contributed by atoms with Gasteiger partial charge in [-0.3, -0.25) is 9.88 Å². The third kappa shape index (κ3) is 3.97. The maximum atomic E-state index is 12.1. The second-order valence-corrected chi connectivity index (χ2v) is 9.77. The molecule has 7 heteroatoms. The Kier molecular flexibility index (Phi) is 4.89. The molecule has 140 valence electrons. The minimum absolute atomic E-state index is 0.296. The Labute approximate surface area is 168 Å². The Morgan fingerprint density at radius 1 is 1.07 bits per heavy atom. The maximum Gasteiger partial charge on any atom is 0.175 e. The zero-order chi connectivity index (χ0) is 19.2. The summed E-state index contributed by atoms with van der Waals surface area (Å²) in [5, 5.41) is 2.14. The smallest absolute Gasteiger partial charge is 0.175 e. The number of benzene rings is 2. The fraction of sp³-hybridized carbons (Fsp3) is 0.250. The lowest BCUT2D eigenvalue weighted by Gasteiger charge is -2.29. The lowest BCUT2D eigenvalue weighted by atomic mass is 10.0. The summed E-state index contributed by atoms with van der Waals surface area (Å²) < 4.78 is 24.2. The number of pyridine rings is 1. The fourth-order valence-electron chi connectivity index (χ4n) is 3.55. The molecule has 4 rings (SSSR count). The first-order chi connectivity index (χ1) is 12.8. The third-order valence-electron chi connectivity index (χ3n) is 4.83. The molecule has 1 aromatic heterocycles. The van der Waals surface area contributed by atoms with Crippen LogP contribution in [0.15, 0.2) is 47.4 Å². The number of hydrogen-bond donors (Lipinski definition) is 0. The molecule has 2 heterocycles. The standard InChI is InChI=1S/C20H18Cl2N2O2S/c1-27(25,26)20-10-17(22)3-2-13(20)11-24-7-6-19-15(12-24)8-14-9-16(21)4-5-18(14)23-19/h2-5,8-10H,6-7,11-12H2,1H3. The molecule has 1 aliphatic rings. The van der Waals surface area contributed by atoms with Crippen LogP contribution in [0.3, 0.4) is 0 Å². The Morgan fingerprint density at radius 2 is 1.81 bits per heavy atom. The van der Waals surface area contributed by atoms with Crippen molar-refractivity contribution >= 4 is 43.9 Å². The summed E-state index contributed by atoms with van der Waals surface area (Å²) in [6.45, 7) is 2.09. The Morgan fingerprint density at radius 3 is 2.59 bits per heavy atom. The molecule has 0 aliphatic carbocycles. The highest BCUT2D eigenvalue weighted by atomic mass is 35.5. The van der Waals surface area contributed by atoms with Crippen molar-refractivity contribution in [1.82, 2.24) is 9.88 Å². The number of aromatic nitrogens is 1. The van der Waals surface area contributed by atoms with Crippen molar-refractivity contribution in [1.29, 1.82) is 0 Å². The van der Waals surface area contributed by atoms with Gasteiger partial charge >= 0.3 is 0 Å². The molecule has 27 heavy (non-hydrogen) atoms. The lowest BCUT2D eigenvalue weighted by molar-refractivity contribution is 0.242. The largest absolute Gasteiger partial charge is 0.294 e. The number of halogens is 2. The molecular weight excluding hydrogens is 403 g/mol. The summed E-state index contributed by atoms with van der Waals surface area (Å²) in [6.07, 6.45) is 2.04. The van der Waals surface area contributed by atoms with Crippen molar-refractivity contribution in [2.45, 2.75) is 24.4 Å². The molecule has 0 amide bonds. The highest BCUT2D eigenvalue weighted by Gasteiger charge is 2.21. The molecule has 0 saturated heterocycles. The van der Waals surface area contributed by atoms with Gasteiger partial charge in [0.2, 0.25) is 0 Å². The van der Waals surface area contributed by atoms with Crippen LogP contribution in [0.25, 0.3) is 10.9 Å². The highest BCUT2D eigenvalue weighted by molar-refractivity contribution is 7.90. The van der Waals surface area contributed by atoms with E-state index in [4.69, 9.17) is 28.2 Å². The van der Waals surface area contributed by atoms with Gasteiger partial charge in [-0.15, -0.1) is 0 Å². The monoisotopic (exact) mass is 420 g/mol. The molecule has 4 nitrogen and oxygen atoms in total. The van der Waals surface area contributed by atoms with Crippen molar-refractivity contribution in [2.24, 2.45) is 0 Å². The van der Waals surface area contributed by atoms with E-state index in [1.54, 1.807) is 12.1 Å². The average Bonchev–Trinajstić information content (AvgIpc) is 2.60. The second-order valence-electron chi connectivity index (χ2n) is 6.92. The Hall–Kier alpha value is -1.66. The molecule has 0 N–H and O–H groups in total. The van der Waals surface area contributed by atoms with Crippen molar-refractivity contribution < 1.29 is 8.42 Å². The molecular formula is C20H18Cl2N2O2S. The van der Waals surface area contributed by atoms with Crippen LogP contribution < -0.4 is 0 Å². The van der Waals surface area contributed by atoms with Crippen LogP contribution >= 0.6 is 23.2 Å². The van der Waals surface area contributed by atoms with E-state index in [9.17, 15) is 8.42 Å². The van der Waals surface area contributed by atoms with Gasteiger partial charge in [0.1, 0.15) is 0 Å². The van der Waals surface area contributed by atoms with Crippen LogP contribution in [0.1, 0.15) is 16.8 Å². The van der Waals surface area contributed by atoms with Gasteiger partial charge in [0, 0.05) is 53.4 Å². The second kappa shape index (κ2) is 7.06. The van der Waals surface area contributed by atoms with Gasteiger partial charge in [-0.05, 0) is 47.5 Å². The molecule has 0 spiro atoms. The number of hydrogen-bond acceptors (Lipinski definition) is 4. The van der Waals surface area contributed by atoms with Crippen LogP contribution in [0.2, 0.25) is 10.0 Å². The van der Waals surface area contributed by atoms with Crippen molar-refractivity contribution in [2.75, 3.05) is 12.8 Å². The van der Waals surface area contributed by atoms with E-state index in [1.165, 1.54) is 12.3 Å². The Bertz CT molecular complexity index is 1150. The van der Waals surface area contributed by atoms with Gasteiger partial charge in [-0.25, -0.2) is 8.42 Å². The third-order valence-corrected chi connectivity index (χ3v) is 6.48. The molecule has 0 bridgehead atoms. The van der Waals surface area contributed by atoms with Gasteiger partial charge in [-0.1, -0.05) is 29.3 Å². The number of sulfone groups is 1. The van der Waals surface area contributed by atoms with E-state index < -0.39 is 9.84 Å². The lowest BCUT2D eigenvalue weighted by Crippen LogP contribution is -2.31. The van der Waals surface area contributed by atoms with E-state index in [1.807, 2.05) is 18.2 Å². The number of fused-ring (bicyclic) bond motifs is 2. The van der Waals surface area contributed by atoms with Gasteiger partial charge < -0.3 is 0 Å². The first-order valence-electron chi connectivity index (χ1n) is 8.58. The highest BCUT2D eigenvalue weighted by Crippen LogP contribution is 2.27. The van der Waals surface area contributed by atoms with E-state index in [2.05, 4.69) is 11.0 Å². The van der Waals surface area contributed by atoms with Crippen LogP contribution in [-0.4, -0.2) is 31.1 Å². The first-order valence-corrected chi connectivity index (χ1v) is 11.2. The Balaban J connectivity index is 1.64. The van der Waals surface area contributed by atoms with Crippen LogP contribution in [0, 0.1) is 0 Å². The van der Waals surface area contributed by atoms with E-state index in [-0.39, 0.29) is 0 Å². The van der Waals surface area contributed by atoms with Crippen LogP contribution in [-0.2, 0) is 29.3 Å². The van der Waals surface area contributed by atoms with Crippen molar-refractivity contribution in [3.63, 3.8) is 0 Å². The average molecular weight is 421 g/mol. The van der Waals surface area contributed by atoms with Gasteiger partial charge in [0.15, 0.2) is 9.84 Å². The molecule has 0 saturated carbocycles. The predicted molar refractivity (Wildman–Crippen MR) is 109 cm³/mol. The SMILES string of the molecule is CS(=O)(=O)c1cc(Cl)ccc1CN1CCc2nc3ccc(Cl)cc3cc2C1. The topological polar surface area (TPSA) is 50.3 Å². The summed E-state index contributed by atoms with van der Waals surface area (Å²) in [5.41, 5.74) is 3.97. The first kappa shape index (κ1) is 18.7. The summed E-state index contributed by atoms with van der Waals surface area (Å²) in [5.74, 6) is 0. The molecule has 3 aromatic rings. The van der Waals surface area contributed by atoms with E-state index in [0.29, 0.717) is 21.5 Å². The fourth-order valence-corrected chi connectivity index (χ4v) is 4.92. The van der Waals surface area contributed by atoms with Crippen molar-refractivity contribution in [3.05, 3.63) is 69.3 Å². The zero-order valence-corrected chi connectivity index (χ0v) is 17.1. The molecule has 0 radical (unpaired) electrons. The molecule has 0 atom stereocenters. The number of rotatable bonds is 3. The zero-order valence-electron chi connectivity index (χ0n) is 14.7. The van der Waals surface area contributed by atoms with Gasteiger partial charge in [0.05, 0.1) is 10.4 Å². The quantitative estimate of drug-likeness (QED) is 0.625. The van der Waals surface area contributed by atoms with Crippen LogP contribution in [0.4, 0.5) is 0 Å². The van der Waals surface area contributed by atoms with Gasteiger partial charge in [0.25, 0.3) is 0 Å². The minimum atomic E-state index is -3.34. The maximum absolute atomic E-state index is 12.1. The minimum Gasteiger partial charge on any atom is -0.294 e. The number of nitrogens with zero attached hydrogens (tertiary/aromatic N) is 2. The molecule has 1 aliphatic heterocycles. The van der Waals surface area contributed by atoms with Gasteiger partial charge in [-0.2, -0.15) is 0 Å². The van der Waals surface area contributed by atoms with E-state index >= 15 is 0 Å². The summed E-state index contributed by atoms with van der Waals surface area (Å²) in [7, 11) is -3.34. The van der Waals surface area contributed by atoms with Crippen molar-refractivity contribution in [3.8, 4) is 0 Å². The van der Waals surface area contributed by atoms with Crippen LogP contribution in [0.5, 0.6) is 0 Å². The summed E-state index contributed by atoms with van der Waals surface area (Å²) in [4.78, 5) is 7.30. The summed E-state index contributed by atoms with van der Waals surface area (Å²) in [6, 6.07) is 12.9. The molecule has 2 aromatic carbocycles. The molecule has 0 fully saturated rings. The molecule has 0 unspecified atom stereocenters.